The molecule has 0 heterocycles. The van der Waals surface area contributed by atoms with Crippen LogP contribution in [0.5, 0.6) is 0 Å². The number of ketones is 1. The summed E-state index contributed by atoms with van der Waals surface area (Å²) in [7, 11) is 0. The van der Waals surface area contributed by atoms with Crippen LogP contribution in [0.15, 0.2) is 24.3 Å². The molecule has 1 atom stereocenters. The predicted octanol–water partition coefficient (Wildman–Crippen LogP) is 1.12. The average molecular weight is 247 g/mol. The van der Waals surface area contributed by atoms with Gasteiger partial charge in [0.15, 0.2) is 0 Å². The quantitative estimate of drug-likeness (QED) is 0.838. The molecule has 1 aromatic rings. The fraction of sp³-hybridized carbons (Fsp3) is 0.429. The molecule has 2 N–H and O–H groups in total. The topological polar surface area (TPSA) is 66.4 Å². The van der Waals surface area contributed by atoms with E-state index in [4.69, 9.17) is 0 Å². The Morgan fingerprint density at radius 2 is 2.00 bits per heavy atom. The molecular weight excluding hydrogens is 230 g/mol. The Morgan fingerprint density at radius 3 is 2.56 bits per heavy atom. The second-order valence-electron chi connectivity index (χ2n) is 4.82. The lowest BCUT2D eigenvalue weighted by Crippen LogP contribution is -2.40. The number of nitrogens with one attached hydrogen (secondary N) is 1. The summed E-state index contributed by atoms with van der Waals surface area (Å²) in [6.45, 7) is 2.16. The molecule has 4 heteroatoms. The summed E-state index contributed by atoms with van der Waals surface area (Å²) >= 11 is 0. The van der Waals surface area contributed by atoms with Crippen LogP contribution >= 0.6 is 0 Å². The molecule has 1 unspecified atom stereocenters. The maximum absolute atomic E-state index is 11.6. The van der Waals surface area contributed by atoms with E-state index in [1.54, 1.807) is 0 Å². The van der Waals surface area contributed by atoms with Crippen molar-refractivity contribution in [2.24, 2.45) is 5.92 Å². The van der Waals surface area contributed by atoms with E-state index in [0.29, 0.717) is 12.8 Å². The summed E-state index contributed by atoms with van der Waals surface area (Å²) in [6, 6.07) is 7.54. The van der Waals surface area contributed by atoms with Crippen LogP contribution in [0.1, 0.15) is 30.1 Å². The Kier molecular flexibility index (Phi) is 3.77. The molecule has 0 aromatic heterocycles. The van der Waals surface area contributed by atoms with Gasteiger partial charge >= 0.3 is 0 Å². The predicted molar refractivity (Wildman–Crippen MR) is 66.9 cm³/mol. The minimum atomic E-state index is -0.703. The van der Waals surface area contributed by atoms with Gasteiger partial charge in [-0.05, 0) is 12.5 Å². The minimum absolute atomic E-state index is 0.134. The highest BCUT2D eigenvalue weighted by atomic mass is 16.3. The molecule has 0 spiro atoms. The van der Waals surface area contributed by atoms with E-state index in [1.165, 1.54) is 0 Å². The van der Waals surface area contributed by atoms with Crippen LogP contribution in [0.2, 0.25) is 0 Å². The highest BCUT2D eigenvalue weighted by molar-refractivity contribution is 5.96. The van der Waals surface area contributed by atoms with Gasteiger partial charge in [-0.1, -0.05) is 29.8 Å². The van der Waals surface area contributed by atoms with Crippen LogP contribution in [0.3, 0.4) is 0 Å². The van der Waals surface area contributed by atoms with Gasteiger partial charge in [-0.2, -0.15) is 0 Å². The van der Waals surface area contributed by atoms with E-state index < -0.39 is 6.10 Å². The number of amides is 1. The van der Waals surface area contributed by atoms with Crippen LogP contribution in [0, 0.1) is 12.8 Å². The minimum Gasteiger partial charge on any atom is -0.387 e. The van der Waals surface area contributed by atoms with Gasteiger partial charge in [0, 0.05) is 19.4 Å². The molecule has 1 aliphatic rings. The molecule has 1 saturated carbocycles. The van der Waals surface area contributed by atoms with Gasteiger partial charge in [-0.3, -0.25) is 9.59 Å². The molecule has 1 aromatic carbocycles. The summed E-state index contributed by atoms with van der Waals surface area (Å²) in [5.41, 5.74) is 1.91. The zero-order chi connectivity index (χ0) is 13.1. The summed E-state index contributed by atoms with van der Waals surface area (Å²) in [6.07, 6.45) is -0.0239. The first kappa shape index (κ1) is 12.8. The number of carbonyl (C=O) groups is 2. The fourth-order valence-corrected chi connectivity index (χ4v) is 1.92. The van der Waals surface area contributed by atoms with E-state index in [2.05, 4.69) is 5.32 Å². The molecule has 0 saturated heterocycles. The van der Waals surface area contributed by atoms with Crippen LogP contribution in [0.25, 0.3) is 0 Å². The van der Waals surface area contributed by atoms with Gasteiger partial charge in [-0.15, -0.1) is 0 Å². The van der Waals surface area contributed by atoms with Gasteiger partial charge in [0.2, 0.25) is 5.91 Å². The number of Topliss-reactive ketones (excluding diaryl/α,β-unsaturated/α-hetero) is 1. The lowest BCUT2D eigenvalue weighted by Gasteiger charge is -2.23. The number of rotatable bonds is 4. The second-order valence-corrected chi connectivity index (χ2v) is 4.82. The highest BCUT2D eigenvalue weighted by Gasteiger charge is 2.32. The highest BCUT2D eigenvalue weighted by Crippen LogP contribution is 2.22. The molecule has 1 aliphatic carbocycles. The zero-order valence-corrected chi connectivity index (χ0v) is 10.3. The molecule has 96 valence electrons. The largest absolute Gasteiger partial charge is 0.387 e. The number of aryl methyl sites for hydroxylation is 1. The van der Waals surface area contributed by atoms with Crippen molar-refractivity contribution in [1.82, 2.24) is 5.32 Å². The Hall–Kier alpha value is -1.68. The lowest BCUT2D eigenvalue weighted by atomic mass is 9.83. The molecule has 0 bridgehead atoms. The van der Waals surface area contributed by atoms with Crippen molar-refractivity contribution >= 4 is 11.7 Å². The van der Waals surface area contributed by atoms with Crippen LogP contribution < -0.4 is 5.32 Å². The van der Waals surface area contributed by atoms with Gasteiger partial charge < -0.3 is 10.4 Å². The summed E-state index contributed by atoms with van der Waals surface area (Å²) in [4.78, 5) is 22.4. The monoisotopic (exact) mass is 247 g/mol. The van der Waals surface area contributed by atoms with Crippen molar-refractivity contribution in [1.29, 1.82) is 0 Å². The van der Waals surface area contributed by atoms with Crippen molar-refractivity contribution in [3.05, 3.63) is 35.4 Å². The van der Waals surface area contributed by atoms with E-state index in [1.807, 2.05) is 31.2 Å². The normalized spacial score (nSPS) is 17.1. The van der Waals surface area contributed by atoms with Gasteiger partial charge in [-0.25, -0.2) is 0 Å². The summed E-state index contributed by atoms with van der Waals surface area (Å²) in [5.74, 6) is -0.197. The second kappa shape index (κ2) is 5.31. The van der Waals surface area contributed by atoms with Crippen molar-refractivity contribution in [3.63, 3.8) is 0 Å². The van der Waals surface area contributed by atoms with Gasteiger partial charge in [0.1, 0.15) is 5.78 Å². The molecule has 1 fully saturated rings. The van der Waals surface area contributed by atoms with E-state index in [-0.39, 0.29) is 24.2 Å². The van der Waals surface area contributed by atoms with Crippen LogP contribution in [0.4, 0.5) is 0 Å². The first-order chi connectivity index (χ1) is 8.56. The standard InChI is InChI=1S/C14H17NO3/c1-9-2-4-10(5-3-9)13(17)8-15-14(18)11-6-12(16)7-11/h2-5,11,13,17H,6-8H2,1H3,(H,15,18). The molecule has 1 amide bonds. The molecule has 0 radical (unpaired) electrons. The molecule has 4 nitrogen and oxygen atoms in total. The molecule has 0 aliphatic heterocycles. The maximum Gasteiger partial charge on any atom is 0.224 e. The fourth-order valence-electron chi connectivity index (χ4n) is 1.92. The van der Waals surface area contributed by atoms with E-state index in [0.717, 1.165) is 11.1 Å². The Bertz CT molecular complexity index is 445. The summed E-state index contributed by atoms with van der Waals surface area (Å²) < 4.78 is 0. The number of hydrogen-bond donors (Lipinski definition) is 2. The number of carbonyl (C=O) groups excluding carboxylic acids is 2. The number of aliphatic hydroxyl groups excluding tert-OH is 1. The maximum atomic E-state index is 11.6. The lowest BCUT2D eigenvalue weighted by molar-refractivity contribution is -0.138. The van der Waals surface area contributed by atoms with Crippen LogP contribution in [-0.4, -0.2) is 23.3 Å². The number of hydrogen-bond acceptors (Lipinski definition) is 3. The zero-order valence-electron chi connectivity index (χ0n) is 10.3. The van der Waals surface area contributed by atoms with E-state index >= 15 is 0 Å². The molecule has 2 rings (SSSR count). The Morgan fingerprint density at radius 1 is 1.39 bits per heavy atom. The third-order valence-electron chi connectivity index (χ3n) is 3.25. The molecule has 18 heavy (non-hydrogen) atoms. The summed E-state index contributed by atoms with van der Waals surface area (Å²) in [5, 5.41) is 12.6. The van der Waals surface area contributed by atoms with E-state index in [9.17, 15) is 14.7 Å². The third kappa shape index (κ3) is 2.96. The SMILES string of the molecule is Cc1ccc(C(O)CNC(=O)C2CC(=O)C2)cc1. The third-order valence-corrected chi connectivity index (χ3v) is 3.25. The van der Waals surface area contributed by atoms with Crippen molar-refractivity contribution in [2.45, 2.75) is 25.9 Å². The van der Waals surface area contributed by atoms with Gasteiger partial charge in [0.25, 0.3) is 0 Å². The number of aliphatic hydroxyl groups is 1. The Labute approximate surface area is 106 Å². The smallest absolute Gasteiger partial charge is 0.224 e. The van der Waals surface area contributed by atoms with Crippen molar-refractivity contribution in [2.75, 3.05) is 6.54 Å². The average Bonchev–Trinajstić information content (AvgIpc) is 2.32. The van der Waals surface area contributed by atoms with Crippen LogP contribution in [-0.2, 0) is 9.59 Å². The molecular formula is C14H17NO3. The number of benzene rings is 1. The van der Waals surface area contributed by atoms with Crippen molar-refractivity contribution in [3.8, 4) is 0 Å². The Balaban J connectivity index is 1.81. The first-order valence-electron chi connectivity index (χ1n) is 6.10. The van der Waals surface area contributed by atoms with Gasteiger partial charge in [0.05, 0.1) is 12.0 Å². The first-order valence-corrected chi connectivity index (χ1v) is 6.10. The van der Waals surface area contributed by atoms with Crippen molar-refractivity contribution < 1.29 is 14.7 Å².